The first kappa shape index (κ1) is 24.0. The lowest BCUT2D eigenvalue weighted by Crippen LogP contribution is -2.25. The molecule has 0 saturated carbocycles. The van der Waals surface area contributed by atoms with Gasteiger partial charge >= 0.3 is 0 Å². The number of carbonyl (C=O) groups excluding carboxylic acids is 3. The van der Waals surface area contributed by atoms with Gasteiger partial charge in [0.1, 0.15) is 11.5 Å². The molecule has 0 fully saturated rings. The van der Waals surface area contributed by atoms with E-state index in [1.54, 1.807) is 0 Å². The molecule has 0 aliphatic heterocycles. The van der Waals surface area contributed by atoms with Crippen LogP contribution in [-0.2, 0) is 14.4 Å². The number of carbonyl (C=O) groups is 3. The minimum Gasteiger partial charge on any atom is -0.512 e. The summed E-state index contributed by atoms with van der Waals surface area (Å²) >= 11 is 0. The maximum Gasteiger partial charge on any atom is 0.173 e. The molecule has 4 nitrogen and oxygen atoms in total. The van der Waals surface area contributed by atoms with E-state index >= 15 is 0 Å². The fourth-order valence-corrected chi connectivity index (χ4v) is 2.53. The average molecular weight is 363 g/mol. The van der Waals surface area contributed by atoms with Gasteiger partial charge in [0.15, 0.2) is 11.6 Å². The predicted molar refractivity (Wildman–Crippen MR) is 106 cm³/mol. The van der Waals surface area contributed by atoms with Crippen LogP contribution in [0.1, 0.15) is 74.1 Å². The summed E-state index contributed by atoms with van der Waals surface area (Å²) in [5.41, 5.74) is 1.93. The van der Waals surface area contributed by atoms with E-state index < -0.39 is 11.7 Å². The van der Waals surface area contributed by atoms with Crippen LogP contribution in [0.2, 0.25) is 0 Å². The number of aliphatic hydroxyl groups excluding tert-OH is 1. The number of allylic oxidation sites excluding steroid dienone is 6. The Morgan fingerprint density at radius 3 is 1.85 bits per heavy atom. The zero-order valence-corrected chi connectivity index (χ0v) is 17.3. The summed E-state index contributed by atoms with van der Waals surface area (Å²) in [5.74, 6) is -1.64. The third kappa shape index (κ3) is 9.50. The van der Waals surface area contributed by atoms with Gasteiger partial charge in [0, 0.05) is 25.2 Å². The fourth-order valence-electron chi connectivity index (χ4n) is 2.53. The van der Waals surface area contributed by atoms with Crippen molar-refractivity contribution in [3.63, 3.8) is 0 Å². The monoisotopic (exact) mass is 362 g/mol. The summed E-state index contributed by atoms with van der Waals surface area (Å²) in [6.07, 6.45) is 4.65. The number of Topliss-reactive ketones (excluding diaryl/α,β-unsaturated/α-hetero) is 3. The van der Waals surface area contributed by atoms with Crippen molar-refractivity contribution in [2.75, 3.05) is 0 Å². The highest BCUT2D eigenvalue weighted by molar-refractivity contribution is 6.21. The molecule has 0 aromatic rings. The lowest BCUT2D eigenvalue weighted by Gasteiger charge is -2.16. The minimum absolute atomic E-state index is 0.0436. The van der Waals surface area contributed by atoms with Crippen molar-refractivity contribution in [2.45, 2.75) is 74.1 Å². The summed E-state index contributed by atoms with van der Waals surface area (Å²) in [5, 5.41) is 9.93. The van der Waals surface area contributed by atoms with E-state index in [1.165, 1.54) is 6.92 Å². The average Bonchev–Trinajstić information content (AvgIpc) is 2.47. The van der Waals surface area contributed by atoms with E-state index in [0.29, 0.717) is 6.42 Å². The molecule has 1 atom stereocenters. The van der Waals surface area contributed by atoms with Crippen molar-refractivity contribution in [1.29, 1.82) is 0 Å². The second-order valence-electron chi connectivity index (χ2n) is 7.79. The number of hydrogen-bond donors (Lipinski definition) is 1. The number of rotatable bonds is 11. The quantitative estimate of drug-likeness (QED) is 0.178. The van der Waals surface area contributed by atoms with Gasteiger partial charge in [-0.25, -0.2) is 0 Å². The molecule has 0 rings (SSSR count). The Morgan fingerprint density at radius 2 is 1.42 bits per heavy atom. The molecular weight excluding hydrogens is 328 g/mol. The highest BCUT2D eigenvalue weighted by Crippen LogP contribution is 2.22. The lowest BCUT2D eigenvalue weighted by molar-refractivity contribution is -0.128. The first-order chi connectivity index (χ1) is 12.0. The van der Waals surface area contributed by atoms with Gasteiger partial charge < -0.3 is 5.11 Å². The standard InChI is InChI=1S/C22H34O4/c1-14(2)8-10-18(13-19(24)11-9-15(3)4)22(26)21(17(7)23)20(25)12-16(5)6/h8-9,16,18,23H,10-13H2,1-7H3/b21-17+/t18-/m0/s1. The normalized spacial score (nSPS) is 12.9. The van der Waals surface area contributed by atoms with Gasteiger partial charge in [-0.05, 0) is 47.0 Å². The first-order valence-corrected chi connectivity index (χ1v) is 9.21. The molecule has 0 aliphatic carbocycles. The number of aliphatic hydroxyl groups is 1. The topological polar surface area (TPSA) is 71.4 Å². The van der Waals surface area contributed by atoms with E-state index in [1.807, 2.05) is 53.7 Å². The Hall–Kier alpha value is -1.97. The molecule has 0 bridgehead atoms. The molecule has 0 radical (unpaired) electrons. The second kappa shape index (κ2) is 11.6. The Kier molecular flexibility index (Phi) is 10.7. The van der Waals surface area contributed by atoms with E-state index in [4.69, 9.17) is 0 Å². The van der Waals surface area contributed by atoms with E-state index in [9.17, 15) is 19.5 Å². The third-order valence-electron chi connectivity index (χ3n) is 3.87. The van der Waals surface area contributed by atoms with Crippen molar-refractivity contribution < 1.29 is 19.5 Å². The molecule has 0 aromatic carbocycles. The second-order valence-corrected chi connectivity index (χ2v) is 7.79. The lowest BCUT2D eigenvalue weighted by atomic mass is 9.85. The van der Waals surface area contributed by atoms with Crippen molar-refractivity contribution in [3.05, 3.63) is 34.6 Å². The molecule has 0 saturated heterocycles. The van der Waals surface area contributed by atoms with Crippen LogP contribution in [0.5, 0.6) is 0 Å². The fraction of sp³-hybridized carbons (Fsp3) is 0.591. The van der Waals surface area contributed by atoms with Gasteiger partial charge in [0.25, 0.3) is 0 Å². The third-order valence-corrected chi connectivity index (χ3v) is 3.87. The Bertz CT molecular complexity index is 606. The molecule has 1 N–H and O–H groups in total. The van der Waals surface area contributed by atoms with E-state index in [0.717, 1.165) is 11.1 Å². The molecule has 0 aliphatic rings. The highest BCUT2D eigenvalue weighted by atomic mass is 16.3. The van der Waals surface area contributed by atoms with Gasteiger partial charge in [-0.2, -0.15) is 0 Å². The van der Waals surface area contributed by atoms with Crippen molar-refractivity contribution in [1.82, 2.24) is 0 Å². The molecule has 4 heteroatoms. The van der Waals surface area contributed by atoms with Crippen LogP contribution in [0, 0.1) is 11.8 Å². The summed E-state index contributed by atoms with van der Waals surface area (Å²) in [4.78, 5) is 37.7. The highest BCUT2D eigenvalue weighted by Gasteiger charge is 2.29. The van der Waals surface area contributed by atoms with Crippen LogP contribution >= 0.6 is 0 Å². The Morgan fingerprint density at radius 1 is 0.885 bits per heavy atom. The SMILES string of the molecule is CC(C)=CCC(=O)C[C@H](CC=C(C)C)C(=O)/C(C(=O)CC(C)C)=C(\C)O. The maximum atomic E-state index is 13.0. The largest absolute Gasteiger partial charge is 0.512 e. The van der Waals surface area contributed by atoms with Crippen molar-refractivity contribution in [2.24, 2.45) is 11.8 Å². The number of ketones is 3. The van der Waals surface area contributed by atoms with Gasteiger partial charge in [-0.15, -0.1) is 0 Å². The van der Waals surface area contributed by atoms with E-state index in [2.05, 4.69) is 0 Å². The summed E-state index contributed by atoms with van der Waals surface area (Å²) in [7, 11) is 0. The molecule has 26 heavy (non-hydrogen) atoms. The first-order valence-electron chi connectivity index (χ1n) is 9.21. The Balaban J connectivity index is 5.56. The van der Waals surface area contributed by atoms with Crippen molar-refractivity contribution in [3.8, 4) is 0 Å². The van der Waals surface area contributed by atoms with Crippen LogP contribution in [0.15, 0.2) is 34.6 Å². The van der Waals surface area contributed by atoms with Crippen LogP contribution in [0.4, 0.5) is 0 Å². The molecule has 0 aromatic heterocycles. The summed E-state index contributed by atoms with van der Waals surface area (Å²) < 4.78 is 0. The van der Waals surface area contributed by atoms with Crippen molar-refractivity contribution >= 4 is 17.3 Å². The molecule has 146 valence electrons. The van der Waals surface area contributed by atoms with Gasteiger partial charge in [-0.1, -0.05) is 37.1 Å². The smallest absolute Gasteiger partial charge is 0.173 e. The molecule has 0 heterocycles. The molecular formula is C22H34O4. The molecule has 0 amide bonds. The van der Waals surface area contributed by atoms with Crippen LogP contribution in [0.25, 0.3) is 0 Å². The zero-order valence-electron chi connectivity index (χ0n) is 17.3. The number of hydrogen-bond acceptors (Lipinski definition) is 4. The van der Waals surface area contributed by atoms with Gasteiger partial charge in [0.2, 0.25) is 0 Å². The van der Waals surface area contributed by atoms with Gasteiger partial charge in [-0.3, -0.25) is 14.4 Å². The molecule has 0 unspecified atom stereocenters. The molecule has 0 spiro atoms. The summed E-state index contributed by atoms with van der Waals surface area (Å²) in [6.45, 7) is 12.8. The van der Waals surface area contributed by atoms with Crippen LogP contribution in [0.3, 0.4) is 0 Å². The van der Waals surface area contributed by atoms with Gasteiger partial charge in [0.05, 0.1) is 5.57 Å². The van der Waals surface area contributed by atoms with Crippen LogP contribution < -0.4 is 0 Å². The minimum atomic E-state index is -0.629. The summed E-state index contributed by atoms with van der Waals surface area (Å²) in [6, 6.07) is 0. The zero-order chi connectivity index (χ0) is 20.4. The predicted octanol–water partition coefficient (Wildman–Crippen LogP) is 5.29. The van der Waals surface area contributed by atoms with E-state index in [-0.39, 0.29) is 48.1 Å². The maximum absolute atomic E-state index is 13.0. The van der Waals surface area contributed by atoms with Crippen LogP contribution in [-0.4, -0.2) is 22.5 Å². The Labute approximate surface area is 158 Å².